The summed E-state index contributed by atoms with van der Waals surface area (Å²) >= 11 is 16.0. The lowest BCUT2D eigenvalue weighted by molar-refractivity contribution is 0.881. The third-order valence-electron chi connectivity index (χ3n) is 2.90. The standard InChI is InChI=1S/C6H6N18.C3Cl3N3/c7-1(10-4-13-19-20-14-4)8-3(12-6-17-23-24-18-6)9-2(7)11-5-15-21-22-16-5;4-1-7-2(5)9-3(6)8-1/h(H6,7,8,9,10,11,12,13,14,15,16,17,18,19,20,21,22,23,24);. The Bertz CT molecular complexity index is 1090. The number of nitrogens with one attached hydrogen (secondary N) is 6. The van der Waals surface area contributed by atoms with Gasteiger partial charge in [0, 0.05) is 0 Å². The molecule has 0 atom stereocenters. The molecule has 0 aliphatic heterocycles. The Labute approximate surface area is 194 Å². The Kier molecular flexibility index (Phi) is 6.72. The van der Waals surface area contributed by atoms with Crippen molar-refractivity contribution in [1.29, 1.82) is 0 Å². The maximum Gasteiger partial charge on any atom is 0.269 e. The van der Waals surface area contributed by atoms with Crippen molar-refractivity contribution in [3.05, 3.63) is 15.9 Å². The fourth-order valence-electron chi connectivity index (χ4n) is 1.79. The number of rotatable bonds is 6. The zero-order valence-corrected chi connectivity index (χ0v) is 17.6. The molecular formula is C9H6Cl3N21. The SMILES string of the molecule is Clc1nc(Cl)nc(Cl)n1.n1nc(Nc2nc(Nc3nn[nH]n3)nc(Nc3nn[nH]n3)n2)n[nH]1. The van der Waals surface area contributed by atoms with Crippen LogP contribution >= 0.6 is 34.8 Å². The van der Waals surface area contributed by atoms with Crippen LogP contribution in [0.3, 0.4) is 0 Å². The van der Waals surface area contributed by atoms with Crippen LogP contribution in [0.1, 0.15) is 0 Å². The number of H-pyrrole nitrogens is 3. The normalized spacial score (nSPS) is 10.3. The number of anilines is 6. The topological polar surface area (TPSA) is 277 Å². The van der Waals surface area contributed by atoms with Crippen LogP contribution in [-0.2, 0) is 0 Å². The van der Waals surface area contributed by atoms with Crippen molar-refractivity contribution >= 4 is 70.5 Å². The predicted octanol–water partition coefficient (Wildman–Crippen LogP) is -0.527. The van der Waals surface area contributed by atoms with E-state index in [1.165, 1.54) is 0 Å². The molecule has 0 spiro atoms. The summed E-state index contributed by atoms with van der Waals surface area (Å²) < 4.78 is 0. The van der Waals surface area contributed by atoms with E-state index in [2.05, 4.69) is 108 Å². The van der Waals surface area contributed by atoms with Gasteiger partial charge in [-0.1, -0.05) is 15.3 Å². The summed E-state index contributed by atoms with van der Waals surface area (Å²) in [5.41, 5.74) is 0. The zero-order valence-electron chi connectivity index (χ0n) is 15.3. The van der Waals surface area contributed by atoms with E-state index >= 15 is 0 Å². The molecule has 0 saturated carbocycles. The van der Waals surface area contributed by atoms with Crippen LogP contribution < -0.4 is 16.0 Å². The van der Waals surface area contributed by atoms with Gasteiger partial charge in [0.05, 0.1) is 0 Å². The molecule has 21 nitrogen and oxygen atoms in total. The molecule has 0 bridgehead atoms. The minimum Gasteiger partial charge on any atom is -0.290 e. The van der Waals surface area contributed by atoms with Gasteiger partial charge >= 0.3 is 0 Å². The lowest BCUT2D eigenvalue weighted by Gasteiger charge is -2.06. The summed E-state index contributed by atoms with van der Waals surface area (Å²) in [4.78, 5) is 22.7. The van der Waals surface area contributed by atoms with Gasteiger partial charge in [-0.3, -0.25) is 16.0 Å². The number of halogens is 3. The first-order valence-corrected chi connectivity index (χ1v) is 9.17. The van der Waals surface area contributed by atoms with Crippen LogP contribution in [0.2, 0.25) is 15.9 Å². The Balaban J connectivity index is 0.000000243. The number of hydrogen-bond donors (Lipinski definition) is 6. The Morgan fingerprint density at radius 3 is 0.970 bits per heavy atom. The number of aromatic amines is 3. The highest BCUT2D eigenvalue weighted by Crippen LogP contribution is 2.15. The van der Waals surface area contributed by atoms with Gasteiger partial charge in [0.25, 0.3) is 17.8 Å². The van der Waals surface area contributed by atoms with Crippen molar-refractivity contribution in [2.45, 2.75) is 0 Å². The monoisotopic (exact) mass is 513 g/mol. The van der Waals surface area contributed by atoms with E-state index in [1.54, 1.807) is 0 Å². The molecule has 0 radical (unpaired) electrons. The maximum absolute atomic E-state index is 5.32. The highest BCUT2D eigenvalue weighted by atomic mass is 35.5. The van der Waals surface area contributed by atoms with Crippen molar-refractivity contribution in [2.24, 2.45) is 0 Å². The first kappa shape index (κ1) is 21.7. The maximum atomic E-state index is 5.32. The van der Waals surface area contributed by atoms with Gasteiger partial charge in [-0.05, 0) is 50.4 Å². The Hall–Kier alpha value is -4.50. The molecule has 33 heavy (non-hydrogen) atoms. The summed E-state index contributed by atoms with van der Waals surface area (Å²) in [5, 5.41) is 47.8. The molecule has 0 unspecified atom stereocenters. The molecule has 5 aromatic heterocycles. The summed E-state index contributed by atoms with van der Waals surface area (Å²) in [6.07, 6.45) is 0. The Morgan fingerprint density at radius 2 is 0.727 bits per heavy atom. The number of hydrogen-bond acceptors (Lipinski definition) is 18. The van der Waals surface area contributed by atoms with E-state index in [0.29, 0.717) is 0 Å². The molecule has 5 rings (SSSR count). The van der Waals surface area contributed by atoms with E-state index in [-0.39, 0.29) is 51.5 Å². The highest BCUT2D eigenvalue weighted by Gasteiger charge is 2.12. The summed E-state index contributed by atoms with van der Waals surface area (Å²) in [5.74, 6) is 0.835. The highest BCUT2D eigenvalue weighted by molar-refractivity contribution is 6.33. The van der Waals surface area contributed by atoms with E-state index in [9.17, 15) is 0 Å². The Morgan fingerprint density at radius 1 is 0.424 bits per heavy atom. The largest absolute Gasteiger partial charge is 0.290 e. The first-order valence-electron chi connectivity index (χ1n) is 8.03. The molecule has 0 aliphatic rings. The molecule has 5 heterocycles. The number of nitrogens with zero attached hydrogens (tertiary/aromatic N) is 15. The van der Waals surface area contributed by atoms with Gasteiger partial charge in [-0.15, -0.1) is 15.3 Å². The fraction of sp³-hybridized carbons (Fsp3) is 0. The molecule has 0 amide bonds. The van der Waals surface area contributed by atoms with Gasteiger partial charge in [0.1, 0.15) is 0 Å². The van der Waals surface area contributed by atoms with E-state index in [1.807, 2.05) is 0 Å². The van der Waals surface area contributed by atoms with Crippen molar-refractivity contribution in [2.75, 3.05) is 16.0 Å². The molecule has 0 aliphatic carbocycles. The summed E-state index contributed by atoms with van der Waals surface area (Å²) in [6.45, 7) is 0. The van der Waals surface area contributed by atoms with E-state index in [4.69, 9.17) is 34.8 Å². The molecular weight excluding hydrogens is 509 g/mol. The molecule has 0 saturated heterocycles. The van der Waals surface area contributed by atoms with Gasteiger partial charge in [0.2, 0.25) is 33.7 Å². The lowest BCUT2D eigenvalue weighted by Crippen LogP contribution is -2.08. The number of aromatic nitrogens is 18. The lowest BCUT2D eigenvalue weighted by atomic mass is 10.7. The smallest absolute Gasteiger partial charge is 0.269 e. The second-order valence-corrected chi connectivity index (χ2v) is 6.04. The van der Waals surface area contributed by atoms with Crippen LogP contribution in [-0.4, -0.2) is 91.8 Å². The van der Waals surface area contributed by atoms with Crippen molar-refractivity contribution in [3.63, 3.8) is 0 Å². The van der Waals surface area contributed by atoms with Crippen LogP contribution in [0.15, 0.2) is 0 Å². The van der Waals surface area contributed by atoms with Crippen LogP contribution in [0.4, 0.5) is 35.7 Å². The van der Waals surface area contributed by atoms with Crippen LogP contribution in [0.25, 0.3) is 0 Å². The minimum absolute atomic E-state index is 0.000000000000000444. The summed E-state index contributed by atoms with van der Waals surface area (Å²) in [6, 6.07) is 0. The van der Waals surface area contributed by atoms with Crippen LogP contribution in [0, 0.1) is 0 Å². The van der Waals surface area contributed by atoms with E-state index in [0.717, 1.165) is 0 Å². The first-order chi connectivity index (χ1) is 16.0. The molecule has 6 N–H and O–H groups in total. The van der Waals surface area contributed by atoms with E-state index < -0.39 is 0 Å². The molecule has 24 heteroatoms. The van der Waals surface area contributed by atoms with Gasteiger partial charge in [0.15, 0.2) is 0 Å². The van der Waals surface area contributed by atoms with Gasteiger partial charge in [-0.2, -0.15) is 45.5 Å². The third kappa shape index (κ3) is 6.49. The van der Waals surface area contributed by atoms with Crippen molar-refractivity contribution < 1.29 is 0 Å². The van der Waals surface area contributed by atoms with Crippen molar-refractivity contribution in [1.82, 2.24) is 91.8 Å². The molecule has 5 aromatic rings. The zero-order chi connectivity index (χ0) is 23.0. The third-order valence-corrected chi connectivity index (χ3v) is 3.40. The van der Waals surface area contributed by atoms with Gasteiger partial charge < -0.3 is 0 Å². The minimum atomic E-state index is 0.000000000000000444. The second kappa shape index (κ2) is 10.2. The molecule has 0 fully saturated rings. The predicted molar refractivity (Wildman–Crippen MR) is 107 cm³/mol. The molecule has 168 valence electrons. The summed E-state index contributed by atoms with van der Waals surface area (Å²) in [7, 11) is 0. The van der Waals surface area contributed by atoms with Crippen LogP contribution in [0.5, 0.6) is 0 Å². The average molecular weight is 515 g/mol. The average Bonchev–Trinajstić information content (AvgIpc) is 3.51. The van der Waals surface area contributed by atoms with Crippen molar-refractivity contribution in [3.8, 4) is 0 Å². The van der Waals surface area contributed by atoms with Gasteiger partial charge in [-0.25, -0.2) is 0 Å². The molecule has 0 aromatic carbocycles. The quantitative estimate of drug-likeness (QED) is 0.166. The second-order valence-electron chi connectivity index (χ2n) is 5.03. The number of tetrazole rings is 3. The fourth-order valence-corrected chi connectivity index (χ4v) is 2.40.